The Labute approximate surface area is 115 Å². The molecule has 0 aliphatic heterocycles. The molecular formula is C13H8F6NO. The summed E-state index contributed by atoms with van der Waals surface area (Å²) in [5, 5.41) is 0. The molecule has 1 aromatic carbocycles. The topological polar surface area (TPSA) is 14.2 Å². The van der Waals surface area contributed by atoms with E-state index < -0.39 is 29.2 Å². The van der Waals surface area contributed by atoms with Crippen LogP contribution in [0.1, 0.15) is 11.1 Å². The molecule has 21 heavy (non-hydrogen) atoms. The van der Waals surface area contributed by atoms with Crippen LogP contribution >= 0.6 is 0 Å². The highest BCUT2D eigenvalue weighted by atomic mass is 19.4. The summed E-state index contributed by atoms with van der Waals surface area (Å²) in [7, 11) is 1.39. The lowest BCUT2D eigenvalue weighted by Crippen LogP contribution is -2.14. The molecule has 0 amide bonds. The molecule has 0 aliphatic rings. The summed E-state index contributed by atoms with van der Waals surface area (Å²) in [6.07, 6.45) is -7.40. The fourth-order valence-electron chi connectivity index (χ4n) is 1.70. The predicted octanol–water partition coefficient (Wildman–Crippen LogP) is 4.66. The summed E-state index contributed by atoms with van der Waals surface area (Å²) in [5.41, 5.74) is -2.97. The Morgan fingerprint density at radius 2 is 1.48 bits per heavy atom. The van der Waals surface area contributed by atoms with Crippen LogP contribution in [0.4, 0.5) is 26.3 Å². The van der Waals surface area contributed by atoms with Gasteiger partial charge in [0.05, 0.1) is 17.3 Å². The normalized spacial score (nSPS) is 12.5. The molecule has 0 aliphatic carbocycles. The molecule has 0 fully saturated rings. The third-order valence-corrected chi connectivity index (χ3v) is 2.66. The van der Waals surface area contributed by atoms with Crippen LogP contribution in [-0.4, -0.2) is 4.57 Å². The van der Waals surface area contributed by atoms with Crippen LogP contribution in [0.5, 0.6) is 11.6 Å². The van der Waals surface area contributed by atoms with E-state index in [0.717, 1.165) is 4.57 Å². The number of alkyl halides is 6. The van der Waals surface area contributed by atoms with Crippen molar-refractivity contribution in [1.29, 1.82) is 0 Å². The molecule has 1 radical (unpaired) electrons. The van der Waals surface area contributed by atoms with Gasteiger partial charge < -0.3 is 9.30 Å². The average Bonchev–Trinajstić information content (AvgIpc) is 2.72. The molecule has 1 heterocycles. The number of halogens is 6. The van der Waals surface area contributed by atoms with Crippen molar-refractivity contribution >= 4 is 0 Å². The number of aromatic nitrogens is 1. The lowest BCUT2D eigenvalue weighted by atomic mass is 10.1. The molecule has 0 N–H and O–H groups in total. The van der Waals surface area contributed by atoms with E-state index in [-0.39, 0.29) is 5.88 Å². The van der Waals surface area contributed by atoms with E-state index >= 15 is 0 Å². The van der Waals surface area contributed by atoms with Crippen molar-refractivity contribution in [1.82, 2.24) is 4.57 Å². The van der Waals surface area contributed by atoms with E-state index in [4.69, 9.17) is 4.74 Å². The van der Waals surface area contributed by atoms with Gasteiger partial charge in [0.15, 0.2) is 11.6 Å². The number of aryl methyl sites for hydroxylation is 1. The minimum absolute atomic E-state index is 0.183. The minimum Gasteiger partial charge on any atom is -0.440 e. The number of hydrogen-bond donors (Lipinski definition) is 0. The van der Waals surface area contributed by atoms with Crippen LogP contribution in [0.3, 0.4) is 0 Å². The maximum Gasteiger partial charge on any atom is 0.420 e. The summed E-state index contributed by atoms with van der Waals surface area (Å²) in [5.74, 6) is -1.45. The number of nitrogens with zero attached hydrogens (tertiary/aromatic N) is 1. The maximum atomic E-state index is 12.9. The van der Waals surface area contributed by atoms with E-state index in [1.54, 1.807) is 0 Å². The molecular weight excluding hydrogens is 300 g/mol. The molecule has 0 spiro atoms. The number of benzene rings is 1. The standard InChI is InChI=1S/C13H8F6NO/c1-20-7-3-6-10(20)21-11-8(12(14,15)16)4-2-5-9(11)13(17,18)19/h2-6H,1H3. The SMILES string of the molecule is Cn1[c]ccc1Oc1c(C(F)(F)F)cccc1C(F)(F)F. The summed E-state index contributed by atoms with van der Waals surface area (Å²) >= 11 is 0. The van der Waals surface area contributed by atoms with Gasteiger partial charge in [-0.25, -0.2) is 0 Å². The highest BCUT2D eigenvalue weighted by molar-refractivity contribution is 5.46. The first-order valence-corrected chi connectivity index (χ1v) is 5.59. The van der Waals surface area contributed by atoms with Crippen LogP contribution < -0.4 is 4.74 Å². The Hall–Kier alpha value is -2.12. The third-order valence-electron chi connectivity index (χ3n) is 2.66. The van der Waals surface area contributed by atoms with Crippen LogP contribution in [0.2, 0.25) is 0 Å². The van der Waals surface area contributed by atoms with Crippen molar-refractivity contribution in [2.24, 2.45) is 7.05 Å². The Balaban J connectivity index is 2.62. The monoisotopic (exact) mass is 308 g/mol. The fraction of sp³-hybridized carbons (Fsp3) is 0.231. The molecule has 0 unspecified atom stereocenters. The zero-order chi connectivity index (χ0) is 15.8. The molecule has 0 saturated carbocycles. The molecule has 0 atom stereocenters. The number of ether oxygens (including phenoxy) is 1. The smallest absolute Gasteiger partial charge is 0.420 e. The van der Waals surface area contributed by atoms with Gasteiger partial charge in [-0.2, -0.15) is 26.3 Å². The van der Waals surface area contributed by atoms with Crippen molar-refractivity contribution in [2.75, 3.05) is 0 Å². The fourth-order valence-corrected chi connectivity index (χ4v) is 1.70. The molecule has 0 saturated heterocycles. The Morgan fingerprint density at radius 3 is 1.86 bits per heavy atom. The van der Waals surface area contributed by atoms with Gasteiger partial charge in [0, 0.05) is 13.1 Å². The number of rotatable bonds is 2. The van der Waals surface area contributed by atoms with Crippen molar-refractivity contribution in [2.45, 2.75) is 12.4 Å². The number of hydrogen-bond acceptors (Lipinski definition) is 1. The van der Waals surface area contributed by atoms with Gasteiger partial charge in [-0.15, -0.1) is 0 Å². The van der Waals surface area contributed by atoms with E-state index in [2.05, 4.69) is 6.20 Å². The third kappa shape index (κ3) is 3.14. The van der Waals surface area contributed by atoms with Gasteiger partial charge >= 0.3 is 12.4 Å². The van der Waals surface area contributed by atoms with Gasteiger partial charge in [0.1, 0.15) is 0 Å². The maximum absolute atomic E-state index is 12.9. The summed E-state index contributed by atoms with van der Waals surface area (Å²) in [6.45, 7) is 0. The molecule has 8 heteroatoms. The Kier molecular flexibility index (Phi) is 3.65. The van der Waals surface area contributed by atoms with Crippen LogP contribution in [0.15, 0.2) is 30.3 Å². The lowest BCUT2D eigenvalue weighted by molar-refractivity contribution is -0.145. The lowest BCUT2D eigenvalue weighted by Gasteiger charge is -2.18. The molecule has 2 rings (SSSR count). The molecule has 113 valence electrons. The van der Waals surface area contributed by atoms with E-state index in [1.165, 1.54) is 19.2 Å². The molecule has 2 aromatic rings. The number of para-hydroxylation sites is 1. The molecule has 1 aromatic heterocycles. The highest BCUT2D eigenvalue weighted by Crippen LogP contribution is 2.45. The van der Waals surface area contributed by atoms with Gasteiger partial charge in [0.25, 0.3) is 0 Å². The van der Waals surface area contributed by atoms with Gasteiger partial charge in [-0.3, -0.25) is 0 Å². The first-order valence-electron chi connectivity index (χ1n) is 5.59. The second-order valence-electron chi connectivity index (χ2n) is 4.14. The zero-order valence-electron chi connectivity index (χ0n) is 10.5. The quantitative estimate of drug-likeness (QED) is 0.736. The van der Waals surface area contributed by atoms with Gasteiger partial charge in [-0.1, -0.05) is 6.07 Å². The van der Waals surface area contributed by atoms with E-state index in [0.29, 0.717) is 18.2 Å². The molecule has 2 nitrogen and oxygen atoms in total. The first kappa shape index (κ1) is 15.3. The van der Waals surface area contributed by atoms with Crippen molar-refractivity contribution in [3.05, 3.63) is 47.7 Å². The first-order chi connectivity index (χ1) is 9.60. The van der Waals surface area contributed by atoms with Crippen LogP contribution in [0.25, 0.3) is 0 Å². The van der Waals surface area contributed by atoms with Crippen LogP contribution in [0, 0.1) is 6.20 Å². The highest BCUT2D eigenvalue weighted by Gasteiger charge is 2.42. The van der Waals surface area contributed by atoms with E-state index in [1.807, 2.05) is 0 Å². The second kappa shape index (κ2) is 5.01. The van der Waals surface area contributed by atoms with Crippen molar-refractivity contribution < 1.29 is 31.1 Å². The average molecular weight is 308 g/mol. The Bertz CT molecular complexity index is 609. The van der Waals surface area contributed by atoms with Crippen molar-refractivity contribution in [3.8, 4) is 11.6 Å². The predicted molar refractivity (Wildman–Crippen MR) is 60.8 cm³/mol. The second-order valence-corrected chi connectivity index (χ2v) is 4.14. The summed E-state index contributed by atoms with van der Waals surface area (Å²) < 4.78 is 83.3. The van der Waals surface area contributed by atoms with Crippen LogP contribution in [-0.2, 0) is 19.4 Å². The largest absolute Gasteiger partial charge is 0.440 e. The summed E-state index contributed by atoms with van der Waals surface area (Å²) in [6, 6.07) is 4.30. The van der Waals surface area contributed by atoms with Gasteiger partial charge in [-0.05, 0) is 18.2 Å². The summed E-state index contributed by atoms with van der Waals surface area (Å²) in [4.78, 5) is 0. The van der Waals surface area contributed by atoms with Crippen molar-refractivity contribution in [3.63, 3.8) is 0 Å². The Morgan fingerprint density at radius 1 is 0.952 bits per heavy atom. The molecule has 0 bridgehead atoms. The zero-order valence-corrected chi connectivity index (χ0v) is 10.5. The van der Waals surface area contributed by atoms with Gasteiger partial charge in [0.2, 0.25) is 0 Å². The minimum atomic E-state index is -4.97. The van der Waals surface area contributed by atoms with E-state index in [9.17, 15) is 26.3 Å².